The van der Waals surface area contributed by atoms with Gasteiger partial charge in [-0.1, -0.05) is 0 Å². The Kier molecular flexibility index (Phi) is 5.57. The summed E-state index contributed by atoms with van der Waals surface area (Å²) in [7, 11) is 0. The molecule has 0 heterocycles. The number of phenols is 1. The average Bonchev–Trinajstić information content (AvgIpc) is 2.37. The highest BCUT2D eigenvalue weighted by atomic mass is 19.1. The Balaban J connectivity index is 3.02. The third-order valence-electron chi connectivity index (χ3n) is 2.10. The van der Waals surface area contributed by atoms with E-state index in [1.807, 2.05) is 0 Å². The predicted molar refractivity (Wildman–Crippen MR) is 67.7 cm³/mol. The number of ether oxygens (including phenoxy) is 2. The fourth-order valence-electron chi connectivity index (χ4n) is 1.32. The number of nitrogens with one attached hydrogen (secondary N) is 1. The summed E-state index contributed by atoms with van der Waals surface area (Å²) in [6, 6.07) is 3.08. The Morgan fingerprint density at radius 3 is 2.50 bits per heavy atom. The van der Waals surface area contributed by atoms with Crippen molar-refractivity contribution in [2.24, 2.45) is 0 Å². The molecular weight excluding hydrogens is 271 g/mol. The van der Waals surface area contributed by atoms with Crippen molar-refractivity contribution in [3.8, 4) is 5.75 Å². The van der Waals surface area contributed by atoms with Crippen molar-refractivity contribution in [3.05, 3.63) is 24.0 Å². The van der Waals surface area contributed by atoms with Gasteiger partial charge in [-0.2, -0.15) is 5.01 Å². The molecule has 1 aromatic rings. The first-order chi connectivity index (χ1) is 9.49. The molecule has 0 aliphatic heterocycles. The zero-order valence-electron chi connectivity index (χ0n) is 11.1. The quantitative estimate of drug-likeness (QED) is 0.831. The van der Waals surface area contributed by atoms with E-state index in [0.29, 0.717) is 5.01 Å². The maximum Gasteiger partial charge on any atom is 0.433 e. The number of hydrogen-bond acceptors (Lipinski definition) is 5. The molecule has 0 atom stereocenters. The number of rotatable bonds is 3. The summed E-state index contributed by atoms with van der Waals surface area (Å²) in [6.07, 6.45) is -1.92. The Morgan fingerprint density at radius 2 is 1.95 bits per heavy atom. The summed E-state index contributed by atoms with van der Waals surface area (Å²) in [5.74, 6) is -1.22. The second-order valence-corrected chi connectivity index (χ2v) is 3.50. The van der Waals surface area contributed by atoms with Crippen molar-refractivity contribution in [2.45, 2.75) is 13.8 Å². The number of amides is 2. The first-order valence-corrected chi connectivity index (χ1v) is 5.88. The van der Waals surface area contributed by atoms with Crippen LogP contribution >= 0.6 is 0 Å². The molecule has 0 spiro atoms. The van der Waals surface area contributed by atoms with Crippen LogP contribution in [0.4, 0.5) is 19.7 Å². The summed E-state index contributed by atoms with van der Waals surface area (Å²) in [4.78, 5) is 23.1. The SMILES string of the molecule is CCOC(=O)NN(C(=O)OCC)c1ccc(O)cc1F. The van der Waals surface area contributed by atoms with Gasteiger partial charge in [0.1, 0.15) is 11.4 Å². The molecule has 1 rings (SSSR count). The van der Waals surface area contributed by atoms with Gasteiger partial charge in [-0.05, 0) is 26.0 Å². The van der Waals surface area contributed by atoms with Crippen molar-refractivity contribution < 1.29 is 28.6 Å². The highest BCUT2D eigenvalue weighted by molar-refractivity contribution is 5.90. The van der Waals surface area contributed by atoms with Crippen LogP contribution in [-0.2, 0) is 9.47 Å². The fraction of sp³-hybridized carbons (Fsp3) is 0.333. The lowest BCUT2D eigenvalue weighted by Crippen LogP contribution is -2.47. The van der Waals surface area contributed by atoms with Crippen LogP contribution in [0.5, 0.6) is 5.75 Å². The third kappa shape index (κ3) is 4.01. The highest BCUT2D eigenvalue weighted by Crippen LogP contribution is 2.23. The number of hydrogen-bond donors (Lipinski definition) is 2. The molecule has 0 radical (unpaired) electrons. The summed E-state index contributed by atoms with van der Waals surface area (Å²) < 4.78 is 23.1. The lowest BCUT2D eigenvalue weighted by atomic mass is 10.3. The Bertz CT molecular complexity index is 495. The number of aromatic hydroxyl groups is 1. The van der Waals surface area contributed by atoms with Crippen LogP contribution in [0, 0.1) is 5.82 Å². The van der Waals surface area contributed by atoms with Crippen LogP contribution < -0.4 is 10.4 Å². The van der Waals surface area contributed by atoms with Crippen molar-refractivity contribution >= 4 is 17.9 Å². The molecule has 8 heteroatoms. The molecule has 0 aliphatic rings. The zero-order chi connectivity index (χ0) is 15.1. The minimum Gasteiger partial charge on any atom is -0.508 e. The molecule has 2 N–H and O–H groups in total. The zero-order valence-corrected chi connectivity index (χ0v) is 11.1. The molecule has 20 heavy (non-hydrogen) atoms. The predicted octanol–water partition coefficient (Wildman–Crippen LogP) is 2.16. The van der Waals surface area contributed by atoms with Crippen molar-refractivity contribution in [3.63, 3.8) is 0 Å². The molecule has 0 saturated heterocycles. The Hall–Kier alpha value is -2.51. The van der Waals surface area contributed by atoms with Gasteiger partial charge >= 0.3 is 12.2 Å². The van der Waals surface area contributed by atoms with Crippen LogP contribution in [0.25, 0.3) is 0 Å². The number of carbonyl (C=O) groups excluding carboxylic acids is 2. The smallest absolute Gasteiger partial charge is 0.433 e. The average molecular weight is 286 g/mol. The summed E-state index contributed by atoms with van der Waals surface area (Å²) >= 11 is 0. The third-order valence-corrected chi connectivity index (χ3v) is 2.10. The van der Waals surface area contributed by atoms with Crippen molar-refractivity contribution in [1.82, 2.24) is 5.43 Å². The molecule has 7 nitrogen and oxygen atoms in total. The van der Waals surface area contributed by atoms with Crippen LogP contribution in [0.1, 0.15) is 13.8 Å². The van der Waals surface area contributed by atoms with E-state index in [0.717, 1.165) is 18.2 Å². The minimum absolute atomic E-state index is 0.0412. The van der Waals surface area contributed by atoms with Crippen LogP contribution in [0.2, 0.25) is 0 Å². The molecule has 0 fully saturated rings. The number of nitrogens with zero attached hydrogens (tertiary/aromatic N) is 1. The van der Waals surface area contributed by atoms with Gasteiger partial charge in [0.2, 0.25) is 0 Å². The largest absolute Gasteiger partial charge is 0.508 e. The van der Waals surface area contributed by atoms with Gasteiger partial charge in [0.25, 0.3) is 0 Å². The molecule has 110 valence electrons. The number of halogens is 1. The van der Waals surface area contributed by atoms with E-state index in [1.54, 1.807) is 13.8 Å². The first-order valence-electron chi connectivity index (χ1n) is 5.88. The summed E-state index contributed by atoms with van der Waals surface area (Å²) in [5, 5.41) is 9.71. The Morgan fingerprint density at radius 1 is 1.30 bits per heavy atom. The van der Waals surface area contributed by atoms with E-state index < -0.39 is 18.0 Å². The van der Waals surface area contributed by atoms with Gasteiger partial charge in [-0.15, -0.1) is 0 Å². The number of hydrazine groups is 1. The molecule has 2 amide bonds. The van der Waals surface area contributed by atoms with Crippen molar-refractivity contribution in [2.75, 3.05) is 18.2 Å². The van der Waals surface area contributed by atoms with E-state index in [-0.39, 0.29) is 24.7 Å². The molecule has 0 saturated carbocycles. The second kappa shape index (κ2) is 7.17. The monoisotopic (exact) mass is 286 g/mol. The highest BCUT2D eigenvalue weighted by Gasteiger charge is 2.23. The molecule has 1 aromatic carbocycles. The maximum atomic E-state index is 13.7. The molecule has 0 aromatic heterocycles. The minimum atomic E-state index is -0.981. The van der Waals surface area contributed by atoms with Gasteiger partial charge in [0.15, 0.2) is 5.82 Å². The van der Waals surface area contributed by atoms with Gasteiger partial charge in [0, 0.05) is 6.07 Å². The second-order valence-electron chi connectivity index (χ2n) is 3.50. The van der Waals surface area contributed by atoms with E-state index in [1.165, 1.54) is 0 Å². The summed E-state index contributed by atoms with van der Waals surface area (Å²) in [6.45, 7) is 3.27. The Labute approximate surface area is 114 Å². The lowest BCUT2D eigenvalue weighted by Gasteiger charge is -2.22. The van der Waals surface area contributed by atoms with Crippen LogP contribution in [-0.4, -0.2) is 30.5 Å². The van der Waals surface area contributed by atoms with E-state index >= 15 is 0 Å². The van der Waals surface area contributed by atoms with Gasteiger partial charge in [-0.25, -0.2) is 19.4 Å². The first kappa shape index (κ1) is 15.5. The van der Waals surface area contributed by atoms with E-state index in [9.17, 15) is 14.0 Å². The number of carbonyl (C=O) groups is 2. The molecule has 0 aliphatic carbocycles. The van der Waals surface area contributed by atoms with Gasteiger partial charge in [0.05, 0.1) is 13.2 Å². The van der Waals surface area contributed by atoms with E-state index in [2.05, 4.69) is 10.2 Å². The van der Waals surface area contributed by atoms with Crippen LogP contribution in [0.15, 0.2) is 18.2 Å². The number of benzene rings is 1. The van der Waals surface area contributed by atoms with E-state index in [4.69, 9.17) is 9.84 Å². The number of phenolic OH excluding ortho intramolecular Hbond substituents is 1. The van der Waals surface area contributed by atoms with Crippen molar-refractivity contribution in [1.29, 1.82) is 0 Å². The van der Waals surface area contributed by atoms with Gasteiger partial charge < -0.3 is 14.6 Å². The molecular formula is C12H15FN2O5. The normalized spacial score (nSPS) is 9.75. The standard InChI is InChI=1S/C12H15FN2O5/c1-3-19-11(17)14-15(12(18)20-4-2)10-6-5-8(16)7-9(10)13/h5-7,16H,3-4H2,1-2H3,(H,14,17). The fourth-order valence-corrected chi connectivity index (χ4v) is 1.32. The summed E-state index contributed by atoms with van der Waals surface area (Å²) in [5.41, 5.74) is 1.77. The van der Waals surface area contributed by atoms with Gasteiger partial charge in [-0.3, -0.25) is 0 Å². The molecule has 0 bridgehead atoms. The number of anilines is 1. The molecule has 0 unspecified atom stereocenters. The topological polar surface area (TPSA) is 88.1 Å². The lowest BCUT2D eigenvalue weighted by molar-refractivity contribution is 0.138. The van der Waals surface area contributed by atoms with Crippen LogP contribution in [0.3, 0.4) is 0 Å². The maximum absolute atomic E-state index is 13.7.